The molecule has 6 heteroatoms. The van der Waals surface area contributed by atoms with Crippen LogP contribution in [0.5, 0.6) is 5.75 Å². The van der Waals surface area contributed by atoms with Crippen LogP contribution in [-0.2, 0) is 4.74 Å². The number of hydrogen-bond acceptors (Lipinski definition) is 4. The minimum Gasteiger partial charge on any atom is -0.496 e. The van der Waals surface area contributed by atoms with E-state index in [0.717, 1.165) is 11.1 Å². The lowest BCUT2D eigenvalue weighted by atomic mass is 10.0. The number of nitrogens with two attached hydrogens (primary N) is 1. The van der Waals surface area contributed by atoms with Gasteiger partial charge in [-0.15, -0.1) is 0 Å². The van der Waals surface area contributed by atoms with Gasteiger partial charge in [-0.1, -0.05) is 11.6 Å². The lowest BCUT2D eigenvalue weighted by Crippen LogP contribution is -2.36. The molecule has 1 atom stereocenters. The number of aryl methyl sites for hydroxylation is 1. The van der Waals surface area contributed by atoms with Crippen molar-refractivity contribution in [1.82, 2.24) is 5.32 Å². The number of benzene rings is 1. The van der Waals surface area contributed by atoms with Crippen LogP contribution in [0.1, 0.15) is 37.9 Å². The van der Waals surface area contributed by atoms with Crippen molar-refractivity contribution in [2.45, 2.75) is 39.3 Å². The average Bonchev–Trinajstić information content (AvgIpc) is 2.36. The van der Waals surface area contributed by atoms with Crippen LogP contribution in [0.4, 0.5) is 4.79 Å². The summed E-state index contributed by atoms with van der Waals surface area (Å²) < 4.78 is 10.5. The summed E-state index contributed by atoms with van der Waals surface area (Å²) in [6, 6.07) is 3.15. The SMILES string of the molecule is COc1cc(C)c(Cl)cc1C(N)CNC(=O)OC(C)(C)C. The Morgan fingerprint density at radius 2 is 2.05 bits per heavy atom. The van der Waals surface area contributed by atoms with Gasteiger partial charge in [0.25, 0.3) is 0 Å². The van der Waals surface area contributed by atoms with E-state index in [0.29, 0.717) is 10.8 Å². The highest BCUT2D eigenvalue weighted by molar-refractivity contribution is 6.31. The maximum Gasteiger partial charge on any atom is 0.407 e. The molecule has 0 aromatic heterocycles. The summed E-state index contributed by atoms with van der Waals surface area (Å²) in [5, 5.41) is 3.25. The fourth-order valence-corrected chi connectivity index (χ4v) is 1.93. The Balaban J connectivity index is 2.74. The molecule has 0 aliphatic carbocycles. The highest BCUT2D eigenvalue weighted by Gasteiger charge is 2.19. The van der Waals surface area contributed by atoms with Gasteiger partial charge in [-0.3, -0.25) is 0 Å². The number of carbonyl (C=O) groups excluding carboxylic acids is 1. The average molecular weight is 315 g/mol. The topological polar surface area (TPSA) is 73.6 Å². The quantitative estimate of drug-likeness (QED) is 0.895. The fourth-order valence-electron chi connectivity index (χ4n) is 1.75. The van der Waals surface area contributed by atoms with Crippen molar-refractivity contribution in [2.24, 2.45) is 5.73 Å². The van der Waals surface area contributed by atoms with E-state index in [2.05, 4.69) is 5.32 Å². The number of methoxy groups -OCH3 is 1. The minimum atomic E-state index is -0.543. The Hall–Kier alpha value is -1.46. The number of alkyl carbamates (subject to hydrolysis) is 1. The number of hydrogen-bond donors (Lipinski definition) is 2. The van der Waals surface area contributed by atoms with Crippen molar-refractivity contribution in [2.75, 3.05) is 13.7 Å². The Bertz CT molecular complexity index is 512. The van der Waals surface area contributed by atoms with Gasteiger partial charge in [0.2, 0.25) is 0 Å². The fraction of sp³-hybridized carbons (Fsp3) is 0.533. The first-order chi connectivity index (χ1) is 9.64. The van der Waals surface area contributed by atoms with Gasteiger partial charge in [-0.2, -0.15) is 0 Å². The number of carbonyl (C=O) groups is 1. The van der Waals surface area contributed by atoms with Gasteiger partial charge in [-0.25, -0.2) is 4.79 Å². The molecule has 1 unspecified atom stereocenters. The first-order valence-electron chi connectivity index (χ1n) is 6.70. The van der Waals surface area contributed by atoms with Gasteiger partial charge in [0.05, 0.1) is 13.2 Å². The first-order valence-corrected chi connectivity index (χ1v) is 7.08. The second-order valence-corrected chi connectivity index (χ2v) is 6.24. The molecular weight excluding hydrogens is 292 g/mol. The number of amides is 1. The standard InChI is InChI=1S/C15H23ClN2O3/c1-9-6-13(20-5)10(7-11(9)16)12(17)8-18-14(19)21-15(2,3)4/h6-7,12H,8,17H2,1-5H3,(H,18,19). The van der Waals surface area contributed by atoms with Crippen LogP contribution in [0.15, 0.2) is 12.1 Å². The Kier molecular flexibility index (Phi) is 5.87. The normalized spacial score (nSPS) is 12.7. The number of nitrogens with one attached hydrogen (secondary N) is 1. The largest absolute Gasteiger partial charge is 0.496 e. The molecule has 21 heavy (non-hydrogen) atoms. The molecule has 1 aromatic carbocycles. The zero-order valence-electron chi connectivity index (χ0n) is 13.1. The van der Waals surface area contributed by atoms with Crippen LogP contribution < -0.4 is 15.8 Å². The third-order valence-corrected chi connectivity index (χ3v) is 3.18. The molecule has 1 rings (SSSR count). The summed E-state index contributed by atoms with van der Waals surface area (Å²) in [5.74, 6) is 0.649. The lowest BCUT2D eigenvalue weighted by molar-refractivity contribution is 0.0524. The van der Waals surface area contributed by atoms with Gasteiger partial charge in [0, 0.05) is 17.1 Å². The molecule has 118 valence electrons. The summed E-state index contributed by atoms with van der Waals surface area (Å²) in [7, 11) is 1.57. The van der Waals surface area contributed by atoms with Crippen molar-refractivity contribution in [3.8, 4) is 5.75 Å². The van der Waals surface area contributed by atoms with E-state index in [1.807, 2.05) is 13.0 Å². The van der Waals surface area contributed by atoms with Crippen molar-refractivity contribution in [3.63, 3.8) is 0 Å². The van der Waals surface area contributed by atoms with Gasteiger partial charge >= 0.3 is 6.09 Å². The summed E-state index contributed by atoms with van der Waals surface area (Å²) >= 11 is 6.11. The van der Waals surface area contributed by atoms with Crippen molar-refractivity contribution >= 4 is 17.7 Å². The maximum atomic E-state index is 11.6. The van der Waals surface area contributed by atoms with E-state index in [1.165, 1.54) is 0 Å². The highest BCUT2D eigenvalue weighted by atomic mass is 35.5. The van der Waals surface area contributed by atoms with E-state index in [1.54, 1.807) is 33.9 Å². The number of rotatable bonds is 4. The summed E-state index contributed by atoms with van der Waals surface area (Å²) in [6.07, 6.45) is -0.505. The molecule has 0 aliphatic rings. The second kappa shape index (κ2) is 7.00. The van der Waals surface area contributed by atoms with Crippen molar-refractivity contribution in [3.05, 3.63) is 28.3 Å². The molecule has 0 bridgehead atoms. The predicted molar refractivity (Wildman–Crippen MR) is 83.9 cm³/mol. The molecule has 3 N–H and O–H groups in total. The Morgan fingerprint density at radius 1 is 1.43 bits per heavy atom. The van der Waals surface area contributed by atoms with E-state index < -0.39 is 17.7 Å². The molecule has 1 aromatic rings. The van der Waals surface area contributed by atoms with E-state index in [9.17, 15) is 4.79 Å². The second-order valence-electron chi connectivity index (χ2n) is 5.83. The van der Waals surface area contributed by atoms with Crippen molar-refractivity contribution in [1.29, 1.82) is 0 Å². The Morgan fingerprint density at radius 3 is 2.57 bits per heavy atom. The van der Waals surface area contributed by atoms with Crippen LogP contribution in [0.3, 0.4) is 0 Å². The van der Waals surface area contributed by atoms with Gasteiger partial charge < -0.3 is 20.5 Å². The van der Waals surface area contributed by atoms with Crippen molar-refractivity contribution < 1.29 is 14.3 Å². The van der Waals surface area contributed by atoms with Crippen LogP contribution in [-0.4, -0.2) is 25.3 Å². The summed E-state index contributed by atoms with van der Waals surface area (Å²) in [5.41, 5.74) is 7.20. The van der Waals surface area contributed by atoms with E-state index in [4.69, 9.17) is 26.8 Å². The Labute approximate surface area is 130 Å². The molecule has 0 saturated carbocycles. The van der Waals surface area contributed by atoms with Crippen LogP contribution in [0.25, 0.3) is 0 Å². The molecule has 0 saturated heterocycles. The molecule has 0 fully saturated rings. The van der Waals surface area contributed by atoms with E-state index >= 15 is 0 Å². The predicted octanol–water partition coefficient (Wildman–Crippen LogP) is 3.18. The van der Waals surface area contributed by atoms with Gasteiger partial charge in [-0.05, 0) is 45.4 Å². The van der Waals surface area contributed by atoms with Crippen LogP contribution >= 0.6 is 11.6 Å². The first kappa shape index (κ1) is 17.6. The van der Waals surface area contributed by atoms with Crippen LogP contribution in [0.2, 0.25) is 5.02 Å². The monoisotopic (exact) mass is 314 g/mol. The van der Waals surface area contributed by atoms with Crippen LogP contribution in [0, 0.1) is 6.92 Å². The lowest BCUT2D eigenvalue weighted by Gasteiger charge is -2.21. The molecular formula is C15H23ClN2O3. The molecule has 0 spiro atoms. The third-order valence-electron chi connectivity index (χ3n) is 2.78. The molecule has 1 amide bonds. The van der Waals surface area contributed by atoms with Gasteiger partial charge in [0.1, 0.15) is 11.4 Å². The third kappa shape index (κ3) is 5.44. The number of halogens is 1. The zero-order chi connectivity index (χ0) is 16.2. The molecule has 5 nitrogen and oxygen atoms in total. The smallest absolute Gasteiger partial charge is 0.407 e. The zero-order valence-corrected chi connectivity index (χ0v) is 13.9. The molecule has 0 heterocycles. The maximum absolute atomic E-state index is 11.6. The molecule has 0 radical (unpaired) electrons. The van der Waals surface area contributed by atoms with E-state index in [-0.39, 0.29) is 6.54 Å². The number of ether oxygens (including phenoxy) is 2. The summed E-state index contributed by atoms with van der Waals surface area (Å²) in [6.45, 7) is 7.52. The molecule has 0 aliphatic heterocycles. The summed E-state index contributed by atoms with van der Waals surface area (Å²) in [4.78, 5) is 11.6. The minimum absolute atomic E-state index is 0.227. The highest BCUT2D eigenvalue weighted by Crippen LogP contribution is 2.30. The van der Waals surface area contributed by atoms with Gasteiger partial charge in [0.15, 0.2) is 0 Å².